The largest absolute Gasteiger partial charge is 0.256 e. The maximum atomic E-state index is 4.33. The van der Waals surface area contributed by atoms with Crippen LogP contribution in [-0.4, -0.2) is 4.98 Å². The lowest BCUT2D eigenvalue weighted by Gasteiger charge is -1.98. The number of hydrogen-bond acceptors (Lipinski definition) is 1. The zero-order valence-electron chi connectivity index (χ0n) is 8.91. The molecule has 1 atom stereocenters. The van der Waals surface area contributed by atoms with E-state index in [0.717, 1.165) is 5.52 Å². The lowest BCUT2D eigenvalue weighted by atomic mass is 10.2. The summed E-state index contributed by atoms with van der Waals surface area (Å²) in [7, 11) is 2.67. The number of pyridine rings is 1. The van der Waals surface area contributed by atoms with Crippen molar-refractivity contribution in [1.82, 2.24) is 4.98 Å². The van der Waals surface area contributed by atoms with Gasteiger partial charge in [0.15, 0.2) is 0 Å². The highest BCUT2D eigenvalue weighted by atomic mass is 31.0. The Morgan fingerprint density at radius 1 is 1.14 bits per heavy atom. The Morgan fingerprint density at radius 3 is 2.57 bits per heavy atom. The molecule has 0 aliphatic heterocycles. The summed E-state index contributed by atoms with van der Waals surface area (Å²) in [6.07, 6.45) is 1.90. The lowest BCUT2D eigenvalue weighted by molar-refractivity contribution is 1.34. The van der Waals surface area contributed by atoms with Crippen LogP contribution in [0.15, 0.2) is 30.5 Å². The molecule has 1 heterocycles. The summed E-state index contributed by atoms with van der Waals surface area (Å²) < 4.78 is 0. The molecule has 0 aliphatic rings. The van der Waals surface area contributed by atoms with E-state index in [0.29, 0.717) is 0 Å². The topological polar surface area (TPSA) is 12.9 Å². The van der Waals surface area contributed by atoms with Crippen molar-refractivity contribution in [3.05, 3.63) is 36.0 Å². The summed E-state index contributed by atoms with van der Waals surface area (Å²) >= 11 is 0. The molecule has 0 aliphatic carbocycles. The van der Waals surface area contributed by atoms with Gasteiger partial charge in [0.1, 0.15) is 0 Å². The average molecular weight is 205 g/mol. The molecule has 2 heteroatoms. The number of aryl methyl sites for hydroxylation is 1. The normalized spacial score (nSPS) is 9.43. The Kier molecular flexibility index (Phi) is 4.03. The zero-order valence-corrected chi connectivity index (χ0v) is 10.1. The minimum Gasteiger partial charge on any atom is -0.256 e. The van der Waals surface area contributed by atoms with Crippen molar-refractivity contribution in [2.45, 2.75) is 20.8 Å². The average Bonchev–Trinajstić information content (AvgIpc) is 2.21. The van der Waals surface area contributed by atoms with E-state index in [1.54, 1.807) is 0 Å². The van der Waals surface area contributed by atoms with Gasteiger partial charge in [-0.3, -0.25) is 4.98 Å². The van der Waals surface area contributed by atoms with Crippen molar-refractivity contribution < 1.29 is 0 Å². The maximum Gasteiger partial charge on any atom is 0.0708 e. The third kappa shape index (κ3) is 2.52. The molecule has 0 bridgehead atoms. The number of rotatable bonds is 0. The Morgan fingerprint density at radius 2 is 1.86 bits per heavy atom. The summed E-state index contributed by atoms with van der Waals surface area (Å²) in [5.74, 6) is 0. The van der Waals surface area contributed by atoms with Crippen LogP contribution in [0.5, 0.6) is 0 Å². The highest BCUT2D eigenvalue weighted by Gasteiger charge is 1.94. The molecule has 1 aromatic heterocycles. The van der Waals surface area contributed by atoms with Gasteiger partial charge in [-0.2, -0.15) is 0 Å². The first kappa shape index (κ1) is 11.1. The molecule has 0 radical (unpaired) electrons. The van der Waals surface area contributed by atoms with Gasteiger partial charge < -0.3 is 0 Å². The first-order chi connectivity index (χ1) is 6.75. The molecule has 14 heavy (non-hydrogen) atoms. The number of benzene rings is 1. The number of aromatic nitrogens is 1. The van der Waals surface area contributed by atoms with Gasteiger partial charge in [-0.25, -0.2) is 0 Å². The minimum atomic E-state index is 1.06. The quantitative estimate of drug-likeness (QED) is 0.602. The van der Waals surface area contributed by atoms with E-state index in [1.165, 1.54) is 16.3 Å². The minimum absolute atomic E-state index is 1.06. The van der Waals surface area contributed by atoms with Crippen molar-refractivity contribution in [3.8, 4) is 0 Å². The van der Waals surface area contributed by atoms with Crippen molar-refractivity contribution in [2.75, 3.05) is 0 Å². The Bertz CT molecular complexity index is 382. The van der Waals surface area contributed by atoms with Gasteiger partial charge in [0.25, 0.3) is 0 Å². The summed E-state index contributed by atoms with van der Waals surface area (Å²) in [6, 6.07) is 8.39. The SMILES string of the molecule is CC.Cc1cnc2cc(P)ccc2c1. The van der Waals surface area contributed by atoms with Gasteiger partial charge in [0.2, 0.25) is 0 Å². The molecule has 1 unspecified atom stereocenters. The van der Waals surface area contributed by atoms with Crippen molar-refractivity contribution in [3.63, 3.8) is 0 Å². The van der Waals surface area contributed by atoms with Gasteiger partial charge in [-0.15, -0.1) is 9.24 Å². The van der Waals surface area contributed by atoms with Crippen LogP contribution < -0.4 is 5.30 Å². The predicted molar refractivity (Wildman–Crippen MR) is 67.2 cm³/mol. The van der Waals surface area contributed by atoms with E-state index < -0.39 is 0 Å². The molecule has 2 rings (SSSR count). The molecule has 0 N–H and O–H groups in total. The fourth-order valence-corrected chi connectivity index (χ4v) is 1.50. The highest BCUT2D eigenvalue weighted by molar-refractivity contribution is 7.27. The number of hydrogen-bond donors (Lipinski definition) is 0. The van der Waals surface area contributed by atoms with Gasteiger partial charge in [0.05, 0.1) is 5.52 Å². The van der Waals surface area contributed by atoms with Crippen LogP contribution >= 0.6 is 9.24 Å². The van der Waals surface area contributed by atoms with Crippen molar-refractivity contribution in [1.29, 1.82) is 0 Å². The summed E-state index contributed by atoms with van der Waals surface area (Å²) in [4.78, 5) is 4.33. The van der Waals surface area contributed by atoms with Crippen LogP contribution in [-0.2, 0) is 0 Å². The molecule has 0 amide bonds. The van der Waals surface area contributed by atoms with Crippen LogP contribution in [0.1, 0.15) is 19.4 Å². The highest BCUT2D eigenvalue weighted by Crippen LogP contribution is 2.11. The Labute approximate surface area is 87.8 Å². The number of fused-ring (bicyclic) bond motifs is 1. The zero-order chi connectivity index (χ0) is 10.6. The molecule has 0 saturated heterocycles. The molecule has 74 valence electrons. The first-order valence-electron chi connectivity index (χ1n) is 4.87. The van der Waals surface area contributed by atoms with E-state index >= 15 is 0 Å². The second-order valence-corrected chi connectivity index (χ2v) is 3.63. The molecule has 1 aromatic carbocycles. The molecule has 0 fully saturated rings. The molecule has 2 aromatic rings. The molecule has 0 saturated carbocycles. The monoisotopic (exact) mass is 205 g/mol. The van der Waals surface area contributed by atoms with Crippen LogP contribution in [0.4, 0.5) is 0 Å². The van der Waals surface area contributed by atoms with E-state index in [2.05, 4.69) is 45.4 Å². The van der Waals surface area contributed by atoms with Gasteiger partial charge in [0, 0.05) is 11.6 Å². The van der Waals surface area contributed by atoms with Gasteiger partial charge in [-0.05, 0) is 29.9 Å². The fraction of sp³-hybridized carbons (Fsp3) is 0.250. The van der Waals surface area contributed by atoms with Crippen molar-refractivity contribution in [2.24, 2.45) is 0 Å². The van der Waals surface area contributed by atoms with E-state index in [1.807, 2.05) is 20.0 Å². The molecule has 1 nitrogen and oxygen atoms in total. The predicted octanol–water partition coefficient (Wildman–Crippen LogP) is 3.07. The fourth-order valence-electron chi connectivity index (χ4n) is 1.25. The summed E-state index contributed by atoms with van der Waals surface area (Å²) in [5, 5.41) is 2.39. The second kappa shape index (κ2) is 5.07. The summed E-state index contributed by atoms with van der Waals surface area (Å²) in [5.41, 5.74) is 2.27. The number of nitrogens with zero attached hydrogens (tertiary/aromatic N) is 1. The third-order valence-corrected chi connectivity index (χ3v) is 2.20. The summed E-state index contributed by atoms with van der Waals surface area (Å²) in [6.45, 7) is 6.06. The van der Waals surface area contributed by atoms with Crippen LogP contribution in [0.3, 0.4) is 0 Å². The lowest BCUT2D eigenvalue weighted by Crippen LogP contribution is -1.90. The second-order valence-electron chi connectivity index (χ2n) is 2.96. The molecular weight excluding hydrogens is 189 g/mol. The third-order valence-electron chi connectivity index (χ3n) is 1.84. The van der Waals surface area contributed by atoms with Crippen LogP contribution in [0.25, 0.3) is 10.9 Å². The standard InChI is InChI=1S/C10H10NP.C2H6/c1-7-4-8-2-3-9(12)5-10(8)11-6-7;1-2/h2-6H,12H2,1H3;1-2H3. The smallest absolute Gasteiger partial charge is 0.0708 e. The van der Waals surface area contributed by atoms with Crippen LogP contribution in [0, 0.1) is 6.92 Å². The molecular formula is C12H16NP. The molecule has 0 spiro atoms. The van der Waals surface area contributed by atoms with Crippen LogP contribution in [0.2, 0.25) is 0 Å². The van der Waals surface area contributed by atoms with Gasteiger partial charge in [-0.1, -0.05) is 26.0 Å². The Hall–Kier alpha value is -0.940. The van der Waals surface area contributed by atoms with E-state index in [4.69, 9.17) is 0 Å². The Balaban J connectivity index is 0.000000461. The van der Waals surface area contributed by atoms with E-state index in [-0.39, 0.29) is 0 Å². The van der Waals surface area contributed by atoms with E-state index in [9.17, 15) is 0 Å². The maximum absolute atomic E-state index is 4.33. The van der Waals surface area contributed by atoms with Gasteiger partial charge >= 0.3 is 0 Å². The van der Waals surface area contributed by atoms with Crippen molar-refractivity contribution >= 4 is 25.4 Å². The first-order valence-corrected chi connectivity index (χ1v) is 5.45.